The van der Waals surface area contributed by atoms with Crippen LogP contribution in [0.2, 0.25) is 0 Å². The van der Waals surface area contributed by atoms with Crippen LogP contribution in [0.1, 0.15) is 30.5 Å². The van der Waals surface area contributed by atoms with Crippen molar-refractivity contribution >= 4 is 21.8 Å². The molecule has 1 aliphatic heterocycles. The molecular formula is C18H19BrF2N4O2. The molecule has 0 radical (unpaired) electrons. The summed E-state index contributed by atoms with van der Waals surface area (Å²) < 4.78 is 30.0. The molecule has 1 unspecified atom stereocenters. The van der Waals surface area contributed by atoms with Crippen molar-refractivity contribution in [1.82, 2.24) is 14.9 Å². The van der Waals surface area contributed by atoms with E-state index in [1.54, 1.807) is 24.0 Å². The number of primary amides is 1. The fourth-order valence-corrected chi connectivity index (χ4v) is 3.64. The number of likely N-dealkylation sites (tertiary alicyclic amines) is 1. The lowest BCUT2D eigenvalue weighted by Crippen LogP contribution is -2.59. The molecule has 0 saturated carbocycles. The molecule has 1 aliphatic rings. The Kier molecular flexibility index (Phi) is 5.18. The molecule has 2 aromatic rings. The van der Waals surface area contributed by atoms with Gasteiger partial charge in [0.25, 0.3) is 5.92 Å². The van der Waals surface area contributed by atoms with Crippen molar-refractivity contribution in [2.45, 2.75) is 30.7 Å². The maximum Gasteiger partial charge on any atom is 0.257 e. The molecule has 1 saturated heterocycles. The number of alkyl halides is 2. The molecule has 3 rings (SSSR count). The standard InChI is InChI=1S/C18H19BrF2N4O2/c1-17(16(22)27,14-4-3-12(19)9-23-14)25-7-6-18(20,21)13(10-25)11-2-5-15(26)24-8-11/h2-5,8-9,13H,6-7,10H2,1H3,(H2,22,27)(H,24,26)/t13-,17?/m1/s1. The van der Waals surface area contributed by atoms with Gasteiger partial charge < -0.3 is 10.7 Å². The Morgan fingerprint density at radius 2 is 2.15 bits per heavy atom. The number of nitrogens with zero attached hydrogens (tertiary/aromatic N) is 2. The van der Waals surface area contributed by atoms with Crippen molar-refractivity contribution < 1.29 is 13.6 Å². The Bertz CT molecular complexity index is 882. The molecule has 3 N–H and O–H groups in total. The van der Waals surface area contributed by atoms with Crippen LogP contribution in [0.15, 0.2) is 45.9 Å². The Morgan fingerprint density at radius 3 is 2.70 bits per heavy atom. The lowest BCUT2D eigenvalue weighted by molar-refractivity contribution is -0.139. The average molecular weight is 441 g/mol. The molecule has 0 bridgehead atoms. The van der Waals surface area contributed by atoms with Crippen molar-refractivity contribution in [2.75, 3.05) is 13.1 Å². The summed E-state index contributed by atoms with van der Waals surface area (Å²) in [5.74, 6) is -4.82. The van der Waals surface area contributed by atoms with E-state index in [4.69, 9.17) is 5.73 Å². The molecule has 1 fully saturated rings. The molecule has 0 spiro atoms. The lowest BCUT2D eigenvalue weighted by atomic mass is 9.83. The third-order valence-corrected chi connectivity index (χ3v) is 5.65. The number of halogens is 3. The molecule has 9 heteroatoms. The number of H-pyrrole nitrogens is 1. The maximum absolute atomic E-state index is 14.6. The highest BCUT2D eigenvalue weighted by Crippen LogP contribution is 2.43. The first-order valence-electron chi connectivity index (χ1n) is 8.38. The normalized spacial score (nSPS) is 22.1. The Labute approximate surface area is 162 Å². The summed E-state index contributed by atoms with van der Waals surface area (Å²) in [4.78, 5) is 32.0. The molecule has 2 aromatic heterocycles. The first-order valence-corrected chi connectivity index (χ1v) is 9.17. The van der Waals surface area contributed by atoms with Crippen molar-refractivity contribution in [1.29, 1.82) is 0 Å². The van der Waals surface area contributed by atoms with Gasteiger partial charge in [0.15, 0.2) is 0 Å². The summed E-state index contributed by atoms with van der Waals surface area (Å²) in [5, 5.41) is 0. The lowest BCUT2D eigenvalue weighted by Gasteiger charge is -2.46. The number of piperidine rings is 1. The van der Waals surface area contributed by atoms with Crippen LogP contribution in [-0.2, 0) is 10.3 Å². The third-order valence-electron chi connectivity index (χ3n) is 5.18. The average Bonchev–Trinajstić information content (AvgIpc) is 2.62. The van der Waals surface area contributed by atoms with Crippen LogP contribution in [0, 0.1) is 0 Å². The van der Waals surface area contributed by atoms with Gasteiger partial charge in [-0.25, -0.2) is 8.78 Å². The molecular weight excluding hydrogens is 422 g/mol. The highest BCUT2D eigenvalue weighted by molar-refractivity contribution is 9.10. The third kappa shape index (κ3) is 3.66. The van der Waals surface area contributed by atoms with Crippen molar-refractivity contribution in [3.05, 3.63) is 62.7 Å². The van der Waals surface area contributed by atoms with Crippen molar-refractivity contribution in [2.24, 2.45) is 5.73 Å². The van der Waals surface area contributed by atoms with Gasteiger partial charge in [0, 0.05) is 42.4 Å². The van der Waals surface area contributed by atoms with Crippen LogP contribution in [-0.4, -0.2) is 39.8 Å². The number of pyridine rings is 2. The molecule has 144 valence electrons. The van der Waals surface area contributed by atoms with Crippen LogP contribution in [0.3, 0.4) is 0 Å². The number of amides is 1. The van der Waals surface area contributed by atoms with E-state index in [9.17, 15) is 18.4 Å². The monoisotopic (exact) mass is 440 g/mol. The van der Waals surface area contributed by atoms with E-state index in [1.165, 1.54) is 24.5 Å². The fourth-order valence-electron chi connectivity index (χ4n) is 3.41. The Hall–Kier alpha value is -2.13. The number of carbonyl (C=O) groups excluding carboxylic acids is 1. The predicted molar refractivity (Wildman–Crippen MR) is 99.4 cm³/mol. The van der Waals surface area contributed by atoms with E-state index >= 15 is 0 Å². The quantitative estimate of drug-likeness (QED) is 0.762. The van der Waals surface area contributed by atoms with Gasteiger partial charge in [-0.2, -0.15) is 0 Å². The first-order chi connectivity index (χ1) is 12.6. The van der Waals surface area contributed by atoms with Crippen LogP contribution in [0.25, 0.3) is 0 Å². The summed E-state index contributed by atoms with van der Waals surface area (Å²) in [6.45, 7) is 1.49. The molecule has 0 aliphatic carbocycles. The number of hydrogen-bond acceptors (Lipinski definition) is 4. The van der Waals surface area contributed by atoms with Crippen molar-refractivity contribution in [3.8, 4) is 0 Å². The Morgan fingerprint density at radius 1 is 1.41 bits per heavy atom. The van der Waals surface area contributed by atoms with E-state index in [1.807, 2.05) is 0 Å². The summed E-state index contributed by atoms with van der Waals surface area (Å²) in [7, 11) is 0. The topological polar surface area (TPSA) is 92.1 Å². The second kappa shape index (κ2) is 7.12. The molecule has 6 nitrogen and oxygen atoms in total. The zero-order chi connectivity index (χ0) is 19.8. The minimum atomic E-state index is -2.97. The van der Waals surface area contributed by atoms with E-state index in [-0.39, 0.29) is 18.6 Å². The minimum Gasteiger partial charge on any atom is -0.368 e. The fraction of sp³-hybridized carbons (Fsp3) is 0.389. The van der Waals surface area contributed by atoms with E-state index < -0.39 is 29.7 Å². The second-order valence-electron chi connectivity index (χ2n) is 6.79. The van der Waals surface area contributed by atoms with Crippen molar-refractivity contribution in [3.63, 3.8) is 0 Å². The van der Waals surface area contributed by atoms with Gasteiger partial charge >= 0.3 is 0 Å². The summed E-state index contributed by atoms with van der Waals surface area (Å²) >= 11 is 3.29. The minimum absolute atomic E-state index is 0.00988. The number of carbonyl (C=O) groups is 1. The van der Waals surface area contributed by atoms with Gasteiger partial charge in [-0.15, -0.1) is 0 Å². The number of aromatic nitrogens is 2. The van der Waals surface area contributed by atoms with E-state index in [0.29, 0.717) is 11.3 Å². The second-order valence-corrected chi connectivity index (χ2v) is 7.71. The Balaban J connectivity index is 1.99. The largest absolute Gasteiger partial charge is 0.368 e. The van der Waals surface area contributed by atoms with Gasteiger partial charge in [0.1, 0.15) is 5.54 Å². The molecule has 1 amide bonds. The summed E-state index contributed by atoms with van der Waals surface area (Å²) in [5.41, 5.74) is 4.67. The van der Waals surface area contributed by atoms with Gasteiger partial charge in [0.2, 0.25) is 11.5 Å². The van der Waals surface area contributed by atoms with E-state index in [0.717, 1.165) is 4.47 Å². The first kappa shape index (κ1) is 19.6. The molecule has 3 heterocycles. The number of hydrogen-bond donors (Lipinski definition) is 2. The highest BCUT2D eigenvalue weighted by Gasteiger charge is 2.51. The highest BCUT2D eigenvalue weighted by atomic mass is 79.9. The molecule has 2 atom stereocenters. The van der Waals surface area contributed by atoms with Gasteiger partial charge in [0.05, 0.1) is 11.6 Å². The van der Waals surface area contributed by atoms with Gasteiger partial charge in [-0.1, -0.05) is 6.07 Å². The number of nitrogens with two attached hydrogens (primary N) is 1. The van der Waals surface area contributed by atoms with E-state index in [2.05, 4.69) is 25.9 Å². The van der Waals surface area contributed by atoms with Gasteiger partial charge in [-0.05, 0) is 40.5 Å². The van der Waals surface area contributed by atoms with Crippen LogP contribution < -0.4 is 11.3 Å². The molecule has 27 heavy (non-hydrogen) atoms. The zero-order valence-electron chi connectivity index (χ0n) is 14.6. The maximum atomic E-state index is 14.6. The SMILES string of the molecule is CC(C(N)=O)(c1ccc(Br)cn1)N1CCC(F)(F)[C@@H](c2ccc(=O)[nH]c2)C1. The molecule has 0 aromatic carbocycles. The van der Waals surface area contributed by atoms with Crippen LogP contribution in [0.4, 0.5) is 8.78 Å². The number of aromatic amines is 1. The summed E-state index contributed by atoms with van der Waals surface area (Å²) in [6.07, 6.45) is 2.40. The number of nitrogens with one attached hydrogen (secondary N) is 1. The zero-order valence-corrected chi connectivity index (χ0v) is 16.2. The smallest absolute Gasteiger partial charge is 0.257 e. The number of rotatable bonds is 4. The summed E-state index contributed by atoms with van der Waals surface area (Å²) in [6, 6.07) is 5.98. The predicted octanol–water partition coefficient (Wildman–Crippen LogP) is 2.36. The van der Waals surface area contributed by atoms with Crippen LogP contribution in [0.5, 0.6) is 0 Å². The van der Waals surface area contributed by atoms with Crippen LogP contribution >= 0.6 is 15.9 Å². The van der Waals surface area contributed by atoms with Gasteiger partial charge in [-0.3, -0.25) is 19.5 Å².